The molecule has 2 aromatic heterocycles. The van der Waals surface area contributed by atoms with Crippen LogP contribution < -0.4 is 14.8 Å². The Bertz CT molecular complexity index is 1330. The number of hydrogen-bond donors (Lipinski definition) is 2. The molecule has 3 heterocycles. The van der Waals surface area contributed by atoms with Crippen LogP contribution in [-0.2, 0) is 11.2 Å². The average molecular weight is 453 g/mol. The van der Waals surface area contributed by atoms with Gasteiger partial charge < -0.3 is 19.8 Å². The van der Waals surface area contributed by atoms with Crippen molar-refractivity contribution in [3.05, 3.63) is 84.4 Å². The van der Waals surface area contributed by atoms with E-state index in [-0.39, 0.29) is 17.7 Å². The fourth-order valence-corrected chi connectivity index (χ4v) is 4.17. The molecule has 1 atom stereocenters. The number of carbonyl (C=O) groups excluding carboxylic acids is 1. The number of aromatic nitrogens is 3. The average Bonchev–Trinajstić information content (AvgIpc) is 3.61. The fourth-order valence-electron chi connectivity index (χ4n) is 4.17. The summed E-state index contributed by atoms with van der Waals surface area (Å²) < 4.78 is 12.1. The van der Waals surface area contributed by atoms with Crippen LogP contribution in [0.15, 0.2) is 73.1 Å². The van der Waals surface area contributed by atoms with Gasteiger partial charge in [-0.05, 0) is 49.1 Å². The second-order valence-corrected chi connectivity index (χ2v) is 8.76. The van der Waals surface area contributed by atoms with Crippen LogP contribution in [0.2, 0.25) is 0 Å². The van der Waals surface area contributed by atoms with E-state index >= 15 is 0 Å². The zero-order valence-corrected chi connectivity index (χ0v) is 18.5. The maximum Gasteiger partial charge on any atom is 0.228 e. The maximum absolute atomic E-state index is 12.0. The Balaban J connectivity index is 1.16. The van der Waals surface area contributed by atoms with Crippen LogP contribution in [0, 0.1) is 5.92 Å². The van der Waals surface area contributed by atoms with Gasteiger partial charge in [0.25, 0.3) is 0 Å². The number of rotatable bonds is 6. The predicted octanol–water partition coefficient (Wildman–Crippen LogP) is 5.33. The van der Waals surface area contributed by atoms with Crippen molar-refractivity contribution in [3.8, 4) is 28.5 Å². The molecule has 1 unspecified atom stereocenters. The van der Waals surface area contributed by atoms with Gasteiger partial charge in [-0.25, -0.2) is 9.97 Å². The molecule has 1 saturated carbocycles. The first-order chi connectivity index (χ1) is 16.7. The summed E-state index contributed by atoms with van der Waals surface area (Å²) in [6, 6.07) is 19.5. The molecule has 2 N–H and O–H groups in total. The first-order valence-electron chi connectivity index (χ1n) is 11.5. The molecule has 170 valence electrons. The van der Waals surface area contributed by atoms with E-state index in [1.54, 1.807) is 18.3 Å². The molecular weight excluding hydrogens is 428 g/mol. The third kappa shape index (κ3) is 4.37. The number of carbonyl (C=O) groups is 1. The monoisotopic (exact) mass is 452 g/mol. The normalized spacial score (nSPS) is 16.9. The van der Waals surface area contributed by atoms with Crippen LogP contribution in [0.3, 0.4) is 0 Å². The lowest BCUT2D eigenvalue weighted by atomic mass is 9.96. The molecule has 0 radical (unpaired) electrons. The molecule has 6 rings (SSSR count). The summed E-state index contributed by atoms with van der Waals surface area (Å²) in [5.74, 6) is 3.89. The quantitative estimate of drug-likeness (QED) is 0.413. The van der Waals surface area contributed by atoms with E-state index in [4.69, 9.17) is 14.5 Å². The molecule has 2 aliphatic rings. The summed E-state index contributed by atoms with van der Waals surface area (Å²) in [5.41, 5.74) is 3.09. The minimum absolute atomic E-state index is 0.0231. The molecule has 1 amide bonds. The Hall–Kier alpha value is -4.13. The van der Waals surface area contributed by atoms with E-state index in [9.17, 15) is 4.79 Å². The smallest absolute Gasteiger partial charge is 0.228 e. The van der Waals surface area contributed by atoms with E-state index in [0.29, 0.717) is 23.9 Å². The van der Waals surface area contributed by atoms with Crippen LogP contribution >= 0.6 is 0 Å². The minimum Gasteiger partial charge on any atom is -0.493 e. The van der Waals surface area contributed by atoms with Gasteiger partial charge in [0.05, 0.1) is 18.2 Å². The third-order valence-electron chi connectivity index (χ3n) is 6.16. The van der Waals surface area contributed by atoms with E-state index in [1.165, 1.54) is 0 Å². The molecule has 0 spiro atoms. The first-order valence-corrected chi connectivity index (χ1v) is 11.5. The van der Waals surface area contributed by atoms with E-state index < -0.39 is 0 Å². The number of nitrogens with zero attached hydrogens (tertiary/aromatic N) is 2. The number of H-pyrrole nitrogens is 1. The molecular formula is C27H24N4O3. The molecule has 34 heavy (non-hydrogen) atoms. The topological polar surface area (TPSA) is 89.1 Å². The van der Waals surface area contributed by atoms with E-state index in [0.717, 1.165) is 47.7 Å². The standard InChI is InChI=1S/C27H24N4O3/c32-27(18-6-7-18)31-25-14-22(10-11-28-25)34-21-8-9-24-19(13-21)12-20(16-33-24)26-29-15-23(30-26)17-4-2-1-3-5-17/h1-5,8-11,13-15,18,20H,6-7,12,16H2,(H,29,30)(H,28,31,32). The highest BCUT2D eigenvalue weighted by Crippen LogP contribution is 2.36. The Morgan fingerprint density at radius 2 is 1.91 bits per heavy atom. The lowest BCUT2D eigenvalue weighted by molar-refractivity contribution is -0.117. The van der Waals surface area contributed by atoms with Crippen molar-refractivity contribution in [1.29, 1.82) is 0 Å². The van der Waals surface area contributed by atoms with Gasteiger partial charge >= 0.3 is 0 Å². The van der Waals surface area contributed by atoms with Gasteiger partial charge in [-0.15, -0.1) is 0 Å². The molecule has 7 nitrogen and oxygen atoms in total. The number of anilines is 1. The van der Waals surface area contributed by atoms with Crippen molar-refractivity contribution in [2.45, 2.75) is 25.2 Å². The molecule has 1 fully saturated rings. The SMILES string of the molecule is O=C(Nc1cc(Oc2ccc3c(c2)CC(c2nc(-c4ccccc4)c[nH]2)CO3)ccn1)C1CC1. The number of imidazole rings is 1. The summed E-state index contributed by atoms with van der Waals surface area (Å²) in [4.78, 5) is 24.4. The van der Waals surface area contributed by atoms with Crippen LogP contribution in [0.25, 0.3) is 11.3 Å². The number of aromatic amines is 1. The number of amides is 1. The lowest BCUT2D eigenvalue weighted by Gasteiger charge is -2.24. The summed E-state index contributed by atoms with van der Waals surface area (Å²) in [6.07, 6.45) is 6.28. The number of pyridine rings is 1. The second-order valence-electron chi connectivity index (χ2n) is 8.76. The number of nitrogens with one attached hydrogen (secondary N) is 2. The van der Waals surface area contributed by atoms with Gasteiger partial charge in [-0.2, -0.15) is 0 Å². The van der Waals surface area contributed by atoms with Crippen molar-refractivity contribution >= 4 is 11.7 Å². The second kappa shape index (κ2) is 8.67. The van der Waals surface area contributed by atoms with Crippen LogP contribution in [0.4, 0.5) is 5.82 Å². The van der Waals surface area contributed by atoms with Crippen LogP contribution in [0.1, 0.15) is 30.1 Å². The fraction of sp³-hybridized carbons (Fsp3) is 0.222. The lowest BCUT2D eigenvalue weighted by Crippen LogP contribution is -2.20. The Labute approximate surface area is 197 Å². The summed E-state index contributed by atoms with van der Waals surface area (Å²) >= 11 is 0. The van der Waals surface area contributed by atoms with Gasteiger partial charge in [-0.3, -0.25) is 4.79 Å². The highest BCUT2D eigenvalue weighted by atomic mass is 16.5. The summed E-state index contributed by atoms with van der Waals surface area (Å²) in [6.45, 7) is 0.573. The van der Waals surface area contributed by atoms with Gasteiger partial charge in [0.2, 0.25) is 5.91 Å². The summed E-state index contributed by atoms with van der Waals surface area (Å²) in [7, 11) is 0. The molecule has 2 aromatic carbocycles. The molecule has 7 heteroatoms. The molecule has 4 aromatic rings. The molecule has 1 aliphatic carbocycles. The molecule has 0 saturated heterocycles. The zero-order valence-electron chi connectivity index (χ0n) is 18.5. The van der Waals surface area contributed by atoms with E-state index in [1.807, 2.05) is 42.6 Å². The number of hydrogen-bond acceptors (Lipinski definition) is 5. The van der Waals surface area contributed by atoms with Gasteiger partial charge in [-0.1, -0.05) is 30.3 Å². The van der Waals surface area contributed by atoms with Crippen LogP contribution in [-0.4, -0.2) is 27.5 Å². The number of ether oxygens (including phenoxy) is 2. The van der Waals surface area contributed by atoms with Crippen molar-refractivity contribution in [2.24, 2.45) is 5.92 Å². The first kappa shape index (κ1) is 20.5. The Morgan fingerprint density at radius 3 is 2.76 bits per heavy atom. The van der Waals surface area contributed by atoms with Crippen molar-refractivity contribution in [3.63, 3.8) is 0 Å². The molecule has 1 aliphatic heterocycles. The van der Waals surface area contributed by atoms with Crippen molar-refractivity contribution in [2.75, 3.05) is 11.9 Å². The third-order valence-corrected chi connectivity index (χ3v) is 6.16. The Morgan fingerprint density at radius 1 is 1.06 bits per heavy atom. The number of benzene rings is 2. The van der Waals surface area contributed by atoms with Gasteiger partial charge in [0, 0.05) is 29.9 Å². The van der Waals surface area contributed by atoms with Crippen LogP contribution in [0.5, 0.6) is 17.2 Å². The maximum atomic E-state index is 12.0. The molecule has 0 bridgehead atoms. The summed E-state index contributed by atoms with van der Waals surface area (Å²) in [5, 5.41) is 2.86. The largest absolute Gasteiger partial charge is 0.493 e. The van der Waals surface area contributed by atoms with Crippen molar-refractivity contribution in [1.82, 2.24) is 15.0 Å². The Kier molecular flexibility index (Phi) is 5.22. The number of fused-ring (bicyclic) bond motifs is 1. The predicted molar refractivity (Wildman–Crippen MR) is 128 cm³/mol. The minimum atomic E-state index is 0.0231. The highest BCUT2D eigenvalue weighted by molar-refractivity contribution is 5.93. The van der Waals surface area contributed by atoms with Crippen molar-refractivity contribution < 1.29 is 14.3 Å². The van der Waals surface area contributed by atoms with Gasteiger partial charge in [0.15, 0.2) is 0 Å². The highest BCUT2D eigenvalue weighted by Gasteiger charge is 2.30. The van der Waals surface area contributed by atoms with E-state index in [2.05, 4.69) is 27.4 Å². The zero-order chi connectivity index (χ0) is 22.9. The van der Waals surface area contributed by atoms with Gasteiger partial charge in [0.1, 0.15) is 28.9 Å².